The molecule has 0 aromatic carbocycles. The van der Waals surface area contributed by atoms with Crippen LogP contribution in [0.1, 0.15) is 19.8 Å². The summed E-state index contributed by atoms with van der Waals surface area (Å²) in [6, 6.07) is 0. The molecule has 1 aliphatic rings. The monoisotopic (exact) mass is 157 g/mol. The molecule has 1 aliphatic heterocycles. The quantitative estimate of drug-likeness (QED) is 0.618. The third kappa shape index (κ3) is 2.35. The molecule has 1 rings (SSSR count). The van der Waals surface area contributed by atoms with Crippen LogP contribution in [-0.4, -0.2) is 17.5 Å². The van der Waals surface area contributed by atoms with Crippen molar-refractivity contribution in [3.63, 3.8) is 0 Å². The van der Waals surface area contributed by atoms with Crippen molar-refractivity contribution < 1.29 is 0 Å². The van der Waals surface area contributed by atoms with Gasteiger partial charge in [0.15, 0.2) is 0 Å². The molecule has 58 valence electrons. The second-order valence-electron chi connectivity index (χ2n) is 2.77. The average Bonchev–Trinajstić information content (AvgIpc) is 2.31. The molecule has 1 atom stereocenters. The molecule has 1 unspecified atom stereocenters. The Labute approximate surface area is 67.1 Å². The lowest BCUT2D eigenvalue weighted by atomic mass is 10.1. The van der Waals surface area contributed by atoms with Crippen LogP contribution in [0.3, 0.4) is 0 Å². The zero-order valence-corrected chi connectivity index (χ0v) is 7.29. The van der Waals surface area contributed by atoms with E-state index in [1.54, 1.807) is 5.57 Å². The number of nitrogens with two attached hydrogens (primary N) is 1. The van der Waals surface area contributed by atoms with Crippen molar-refractivity contribution >= 4 is 11.8 Å². The van der Waals surface area contributed by atoms with Crippen molar-refractivity contribution in [3.05, 3.63) is 11.6 Å². The lowest BCUT2D eigenvalue weighted by Crippen LogP contribution is -1.96. The maximum absolute atomic E-state index is 5.39. The predicted octanol–water partition coefficient (Wildman–Crippen LogP) is 1.79. The van der Waals surface area contributed by atoms with E-state index in [2.05, 4.69) is 13.0 Å². The fourth-order valence-corrected chi connectivity index (χ4v) is 2.23. The van der Waals surface area contributed by atoms with Crippen molar-refractivity contribution in [3.8, 4) is 0 Å². The zero-order valence-electron chi connectivity index (χ0n) is 6.47. The molecule has 1 fully saturated rings. The van der Waals surface area contributed by atoms with E-state index in [-0.39, 0.29) is 0 Å². The SMILES string of the molecule is CC1C/C(=C\CCN)CS1. The van der Waals surface area contributed by atoms with E-state index in [4.69, 9.17) is 5.73 Å². The van der Waals surface area contributed by atoms with Gasteiger partial charge in [-0.05, 0) is 19.4 Å². The van der Waals surface area contributed by atoms with Gasteiger partial charge in [-0.25, -0.2) is 0 Å². The summed E-state index contributed by atoms with van der Waals surface area (Å²) in [4.78, 5) is 0. The Morgan fingerprint density at radius 2 is 2.60 bits per heavy atom. The van der Waals surface area contributed by atoms with Gasteiger partial charge in [-0.2, -0.15) is 11.8 Å². The van der Waals surface area contributed by atoms with Gasteiger partial charge in [-0.15, -0.1) is 0 Å². The summed E-state index contributed by atoms with van der Waals surface area (Å²) >= 11 is 2.05. The van der Waals surface area contributed by atoms with Crippen LogP contribution in [0.2, 0.25) is 0 Å². The molecule has 0 saturated carbocycles. The second-order valence-corrected chi connectivity index (χ2v) is 4.19. The first-order valence-corrected chi connectivity index (χ1v) is 4.87. The summed E-state index contributed by atoms with van der Waals surface area (Å²) in [5, 5.41) is 0.837. The van der Waals surface area contributed by atoms with E-state index in [0.717, 1.165) is 18.2 Å². The molecule has 0 bridgehead atoms. The van der Waals surface area contributed by atoms with Gasteiger partial charge in [-0.1, -0.05) is 18.6 Å². The molecule has 2 N–H and O–H groups in total. The highest BCUT2D eigenvalue weighted by Gasteiger charge is 2.13. The van der Waals surface area contributed by atoms with E-state index in [9.17, 15) is 0 Å². The topological polar surface area (TPSA) is 26.0 Å². The van der Waals surface area contributed by atoms with Crippen molar-refractivity contribution in [2.45, 2.75) is 25.0 Å². The second kappa shape index (κ2) is 4.04. The average molecular weight is 157 g/mol. The van der Waals surface area contributed by atoms with Crippen molar-refractivity contribution in [2.24, 2.45) is 5.73 Å². The summed E-state index contributed by atoms with van der Waals surface area (Å²) in [6.07, 6.45) is 4.64. The van der Waals surface area contributed by atoms with Gasteiger partial charge in [0, 0.05) is 11.0 Å². The van der Waals surface area contributed by atoms with Crippen LogP contribution >= 0.6 is 11.8 Å². The van der Waals surface area contributed by atoms with E-state index in [1.807, 2.05) is 11.8 Å². The fourth-order valence-electron chi connectivity index (χ4n) is 1.17. The van der Waals surface area contributed by atoms with E-state index in [1.165, 1.54) is 12.2 Å². The molecule has 0 aromatic rings. The summed E-state index contributed by atoms with van der Waals surface area (Å²) in [6.45, 7) is 3.08. The molecule has 0 amide bonds. The number of hydrogen-bond acceptors (Lipinski definition) is 2. The highest BCUT2D eigenvalue weighted by Crippen LogP contribution is 2.30. The smallest absolute Gasteiger partial charge is 0.0146 e. The molecule has 0 radical (unpaired) electrons. The van der Waals surface area contributed by atoms with Crippen LogP contribution in [0.15, 0.2) is 11.6 Å². The largest absolute Gasteiger partial charge is 0.330 e. The van der Waals surface area contributed by atoms with Crippen LogP contribution in [0.4, 0.5) is 0 Å². The van der Waals surface area contributed by atoms with Gasteiger partial charge in [-0.3, -0.25) is 0 Å². The Morgan fingerprint density at radius 1 is 1.80 bits per heavy atom. The first-order chi connectivity index (χ1) is 4.83. The Balaban J connectivity index is 2.29. The van der Waals surface area contributed by atoms with E-state index < -0.39 is 0 Å². The maximum Gasteiger partial charge on any atom is 0.0146 e. The third-order valence-electron chi connectivity index (χ3n) is 1.70. The molecule has 10 heavy (non-hydrogen) atoms. The van der Waals surface area contributed by atoms with Crippen LogP contribution in [0.25, 0.3) is 0 Å². The lowest BCUT2D eigenvalue weighted by Gasteiger charge is -1.94. The van der Waals surface area contributed by atoms with Gasteiger partial charge in [0.25, 0.3) is 0 Å². The predicted molar refractivity (Wildman–Crippen MR) is 48.3 cm³/mol. The molecule has 0 aromatic heterocycles. The Bertz CT molecular complexity index is 131. The van der Waals surface area contributed by atoms with Gasteiger partial charge in [0.05, 0.1) is 0 Å². The summed E-state index contributed by atoms with van der Waals surface area (Å²) in [5.41, 5.74) is 6.99. The fraction of sp³-hybridized carbons (Fsp3) is 0.750. The number of thioether (sulfide) groups is 1. The van der Waals surface area contributed by atoms with Crippen molar-refractivity contribution in [1.29, 1.82) is 0 Å². The summed E-state index contributed by atoms with van der Waals surface area (Å²) in [7, 11) is 0. The van der Waals surface area contributed by atoms with E-state index in [0.29, 0.717) is 0 Å². The van der Waals surface area contributed by atoms with E-state index >= 15 is 0 Å². The molecule has 0 spiro atoms. The lowest BCUT2D eigenvalue weighted by molar-refractivity contribution is 0.935. The molecule has 1 heterocycles. The number of hydrogen-bond donors (Lipinski definition) is 1. The summed E-state index contributed by atoms with van der Waals surface area (Å²) in [5.74, 6) is 1.24. The van der Waals surface area contributed by atoms with Crippen LogP contribution in [0, 0.1) is 0 Å². The minimum Gasteiger partial charge on any atom is -0.330 e. The Kier molecular flexibility index (Phi) is 3.29. The van der Waals surface area contributed by atoms with Crippen LogP contribution in [0.5, 0.6) is 0 Å². The Hall–Kier alpha value is 0.0500. The van der Waals surface area contributed by atoms with Crippen molar-refractivity contribution in [1.82, 2.24) is 0 Å². The minimum atomic E-state index is 0.794. The molecule has 1 nitrogen and oxygen atoms in total. The van der Waals surface area contributed by atoms with Gasteiger partial charge >= 0.3 is 0 Å². The first kappa shape index (κ1) is 8.15. The molecule has 0 aliphatic carbocycles. The van der Waals surface area contributed by atoms with Crippen LogP contribution in [-0.2, 0) is 0 Å². The Morgan fingerprint density at radius 3 is 3.10 bits per heavy atom. The van der Waals surface area contributed by atoms with Gasteiger partial charge in [0.2, 0.25) is 0 Å². The number of rotatable bonds is 2. The van der Waals surface area contributed by atoms with Gasteiger partial charge < -0.3 is 5.73 Å². The highest BCUT2D eigenvalue weighted by atomic mass is 32.2. The maximum atomic E-state index is 5.39. The molecule has 1 saturated heterocycles. The summed E-state index contributed by atoms with van der Waals surface area (Å²) < 4.78 is 0. The zero-order chi connectivity index (χ0) is 7.40. The van der Waals surface area contributed by atoms with Crippen LogP contribution < -0.4 is 5.73 Å². The van der Waals surface area contributed by atoms with Gasteiger partial charge in [0.1, 0.15) is 0 Å². The molecular weight excluding hydrogens is 142 g/mol. The minimum absolute atomic E-state index is 0.794. The highest BCUT2D eigenvalue weighted by molar-refractivity contribution is 8.00. The normalized spacial score (nSPS) is 29.8. The molecule has 2 heteroatoms. The standard InChI is InChI=1S/C8H15NS/c1-7-5-8(6-10-7)3-2-4-9/h3,7H,2,4-6,9H2,1H3/b8-3+. The molecular formula is C8H15NS. The third-order valence-corrected chi connectivity index (χ3v) is 2.98. The first-order valence-electron chi connectivity index (χ1n) is 3.82. The van der Waals surface area contributed by atoms with Crippen molar-refractivity contribution in [2.75, 3.05) is 12.3 Å².